The number of halogens is 4. The fraction of sp³-hybridized carbons (Fsp3) is 0.167. The summed E-state index contributed by atoms with van der Waals surface area (Å²) < 4.78 is 55.2. The zero-order chi connectivity index (χ0) is 14.9. The average molecular weight is 288 g/mol. The SMILES string of the molecule is Cn1cnc(-c2ccc(OC(F)(F)F)c(F)c2C=O)c1. The fourth-order valence-corrected chi connectivity index (χ4v) is 1.67. The minimum atomic E-state index is -5.03. The largest absolute Gasteiger partial charge is 0.573 e. The van der Waals surface area contributed by atoms with Gasteiger partial charge in [0.05, 0.1) is 17.6 Å². The highest BCUT2D eigenvalue weighted by Crippen LogP contribution is 2.32. The molecule has 0 fully saturated rings. The van der Waals surface area contributed by atoms with Gasteiger partial charge in [-0.05, 0) is 12.1 Å². The third-order valence-electron chi connectivity index (χ3n) is 2.47. The van der Waals surface area contributed by atoms with Crippen LogP contribution in [0.5, 0.6) is 5.75 Å². The number of hydrogen-bond donors (Lipinski definition) is 0. The maximum Gasteiger partial charge on any atom is 0.573 e. The number of nitrogens with zero attached hydrogens (tertiary/aromatic N) is 2. The molecule has 106 valence electrons. The van der Waals surface area contributed by atoms with E-state index in [2.05, 4.69) is 9.72 Å². The van der Waals surface area contributed by atoms with Gasteiger partial charge in [0, 0.05) is 18.8 Å². The Labute approximate surface area is 110 Å². The first-order valence-electron chi connectivity index (χ1n) is 5.33. The lowest BCUT2D eigenvalue weighted by Gasteiger charge is -2.12. The van der Waals surface area contributed by atoms with Crippen molar-refractivity contribution < 1.29 is 27.1 Å². The number of aromatic nitrogens is 2. The normalized spacial score (nSPS) is 11.4. The zero-order valence-electron chi connectivity index (χ0n) is 10.1. The topological polar surface area (TPSA) is 44.1 Å². The predicted molar refractivity (Wildman–Crippen MR) is 60.7 cm³/mol. The van der Waals surface area contributed by atoms with Crippen molar-refractivity contribution in [3.8, 4) is 17.0 Å². The van der Waals surface area contributed by atoms with Crippen molar-refractivity contribution in [1.82, 2.24) is 9.55 Å². The quantitative estimate of drug-likeness (QED) is 0.644. The zero-order valence-corrected chi connectivity index (χ0v) is 10.1. The van der Waals surface area contributed by atoms with Gasteiger partial charge in [0.15, 0.2) is 17.9 Å². The van der Waals surface area contributed by atoms with Gasteiger partial charge in [-0.25, -0.2) is 9.37 Å². The number of alkyl halides is 3. The fourth-order valence-electron chi connectivity index (χ4n) is 1.67. The van der Waals surface area contributed by atoms with E-state index in [0.717, 1.165) is 12.1 Å². The van der Waals surface area contributed by atoms with E-state index in [9.17, 15) is 22.4 Å². The van der Waals surface area contributed by atoms with Crippen molar-refractivity contribution >= 4 is 6.29 Å². The van der Waals surface area contributed by atoms with Gasteiger partial charge in [0.25, 0.3) is 0 Å². The summed E-state index contributed by atoms with van der Waals surface area (Å²) in [6.07, 6.45) is -1.98. The molecule has 1 aromatic carbocycles. The van der Waals surface area contributed by atoms with Gasteiger partial charge in [-0.3, -0.25) is 4.79 Å². The molecule has 4 nitrogen and oxygen atoms in total. The molecule has 0 atom stereocenters. The van der Waals surface area contributed by atoms with Crippen molar-refractivity contribution in [2.45, 2.75) is 6.36 Å². The van der Waals surface area contributed by atoms with Gasteiger partial charge >= 0.3 is 6.36 Å². The Morgan fingerprint density at radius 1 is 1.35 bits per heavy atom. The summed E-state index contributed by atoms with van der Waals surface area (Å²) in [5.74, 6) is -2.43. The number of hydrogen-bond acceptors (Lipinski definition) is 3. The molecular formula is C12H8F4N2O2. The lowest BCUT2D eigenvalue weighted by atomic mass is 10.0. The Kier molecular flexibility index (Phi) is 3.47. The van der Waals surface area contributed by atoms with Crippen LogP contribution in [-0.2, 0) is 7.05 Å². The number of carbonyl (C=O) groups excluding carboxylic acids is 1. The molecule has 20 heavy (non-hydrogen) atoms. The maximum atomic E-state index is 13.9. The Morgan fingerprint density at radius 3 is 2.55 bits per heavy atom. The highest BCUT2D eigenvalue weighted by Gasteiger charge is 2.33. The molecule has 1 heterocycles. The number of rotatable bonds is 3. The van der Waals surface area contributed by atoms with Crippen LogP contribution >= 0.6 is 0 Å². The second kappa shape index (κ2) is 4.95. The Morgan fingerprint density at radius 2 is 2.05 bits per heavy atom. The van der Waals surface area contributed by atoms with Gasteiger partial charge in [0.2, 0.25) is 0 Å². The van der Waals surface area contributed by atoms with E-state index < -0.39 is 23.5 Å². The molecule has 2 aromatic rings. The third kappa shape index (κ3) is 2.79. The minimum absolute atomic E-state index is 0.0904. The number of carbonyl (C=O) groups is 1. The van der Waals surface area contributed by atoms with Gasteiger partial charge in [0.1, 0.15) is 0 Å². The van der Waals surface area contributed by atoms with E-state index in [1.807, 2.05) is 0 Å². The first-order chi connectivity index (χ1) is 9.31. The van der Waals surface area contributed by atoms with Crippen molar-refractivity contribution in [2.24, 2.45) is 7.05 Å². The predicted octanol–water partition coefficient (Wildman–Crippen LogP) is 2.94. The summed E-state index contributed by atoms with van der Waals surface area (Å²) in [4.78, 5) is 14.8. The summed E-state index contributed by atoms with van der Waals surface area (Å²) in [7, 11) is 1.66. The number of ether oxygens (including phenoxy) is 1. The minimum Gasteiger partial charge on any atom is -0.403 e. The van der Waals surface area contributed by atoms with E-state index in [-0.39, 0.29) is 17.5 Å². The standard InChI is InChI=1S/C12H8F4N2O2/c1-18-4-9(17-6-18)7-2-3-10(20-12(14,15)16)11(13)8(7)5-19/h2-6H,1H3. The molecule has 0 aliphatic heterocycles. The van der Waals surface area contributed by atoms with E-state index in [4.69, 9.17) is 0 Å². The van der Waals surface area contributed by atoms with Crippen molar-refractivity contribution in [3.05, 3.63) is 36.0 Å². The summed E-state index contributed by atoms with van der Waals surface area (Å²) >= 11 is 0. The lowest BCUT2D eigenvalue weighted by molar-refractivity contribution is -0.275. The molecule has 0 bridgehead atoms. The third-order valence-corrected chi connectivity index (χ3v) is 2.47. The van der Waals surface area contributed by atoms with E-state index in [0.29, 0.717) is 0 Å². The van der Waals surface area contributed by atoms with Crippen LogP contribution in [0, 0.1) is 5.82 Å². The van der Waals surface area contributed by atoms with Crippen LogP contribution < -0.4 is 4.74 Å². The van der Waals surface area contributed by atoms with Crippen LogP contribution in [0.4, 0.5) is 17.6 Å². The molecule has 1 aromatic heterocycles. The molecule has 8 heteroatoms. The van der Waals surface area contributed by atoms with E-state index in [1.54, 1.807) is 11.6 Å². The Hall–Kier alpha value is -2.38. The van der Waals surface area contributed by atoms with Gasteiger partial charge in [-0.15, -0.1) is 13.2 Å². The van der Waals surface area contributed by atoms with Crippen LogP contribution in [-0.4, -0.2) is 22.2 Å². The molecule has 0 saturated heterocycles. The van der Waals surface area contributed by atoms with Crippen LogP contribution in [0.15, 0.2) is 24.7 Å². The van der Waals surface area contributed by atoms with Crippen molar-refractivity contribution in [2.75, 3.05) is 0 Å². The van der Waals surface area contributed by atoms with Crippen LogP contribution in [0.2, 0.25) is 0 Å². The molecule has 2 rings (SSSR count). The van der Waals surface area contributed by atoms with E-state index >= 15 is 0 Å². The maximum absolute atomic E-state index is 13.9. The molecule has 0 spiro atoms. The molecule has 0 aliphatic rings. The van der Waals surface area contributed by atoms with Gasteiger partial charge < -0.3 is 9.30 Å². The number of aryl methyl sites for hydroxylation is 1. The molecular weight excluding hydrogens is 280 g/mol. The number of imidazole rings is 1. The van der Waals surface area contributed by atoms with Crippen LogP contribution in [0.3, 0.4) is 0 Å². The van der Waals surface area contributed by atoms with E-state index in [1.165, 1.54) is 12.5 Å². The summed E-state index contributed by atoms with van der Waals surface area (Å²) in [5.41, 5.74) is -0.176. The number of aldehydes is 1. The lowest BCUT2D eigenvalue weighted by Crippen LogP contribution is -2.18. The Bertz CT molecular complexity index is 649. The molecule has 0 radical (unpaired) electrons. The molecule has 0 saturated carbocycles. The molecule has 0 aliphatic carbocycles. The Balaban J connectivity index is 2.52. The second-order valence-electron chi connectivity index (χ2n) is 3.93. The monoisotopic (exact) mass is 288 g/mol. The van der Waals surface area contributed by atoms with Gasteiger partial charge in [-0.2, -0.15) is 0 Å². The summed E-state index contributed by atoms with van der Waals surface area (Å²) in [6.45, 7) is 0. The molecule has 0 amide bonds. The van der Waals surface area contributed by atoms with Gasteiger partial charge in [-0.1, -0.05) is 0 Å². The summed E-state index contributed by atoms with van der Waals surface area (Å²) in [5, 5.41) is 0. The average Bonchev–Trinajstić information content (AvgIpc) is 2.76. The second-order valence-corrected chi connectivity index (χ2v) is 3.93. The molecule has 0 unspecified atom stereocenters. The van der Waals surface area contributed by atoms with Crippen LogP contribution in [0.1, 0.15) is 10.4 Å². The van der Waals surface area contributed by atoms with Crippen molar-refractivity contribution in [3.63, 3.8) is 0 Å². The molecule has 0 N–H and O–H groups in total. The smallest absolute Gasteiger partial charge is 0.403 e. The number of benzene rings is 1. The summed E-state index contributed by atoms with van der Waals surface area (Å²) in [6, 6.07) is 1.95. The van der Waals surface area contributed by atoms with Crippen LogP contribution in [0.25, 0.3) is 11.3 Å². The van der Waals surface area contributed by atoms with Crippen molar-refractivity contribution in [1.29, 1.82) is 0 Å². The first kappa shape index (κ1) is 14.0. The highest BCUT2D eigenvalue weighted by atomic mass is 19.4. The highest BCUT2D eigenvalue weighted by molar-refractivity contribution is 5.87. The first-order valence-corrected chi connectivity index (χ1v) is 5.33.